The molecule has 1 unspecified atom stereocenters. The molecule has 1 saturated heterocycles. The van der Waals surface area contributed by atoms with Gasteiger partial charge < -0.3 is 10.1 Å². The van der Waals surface area contributed by atoms with Crippen LogP contribution in [0, 0.1) is 5.92 Å². The van der Waals surface area contributed by atoms with Crippen molar-refractivity contribution in [1.29, 1.82) is 0 Å². The minimum absolute atomic E-state index is 0.0293. The zero-order chi connectivity index (χ0) is 18.8. The Balaban J connectivity index is 1.84. The van der Waals surface area contributed by atoms with Gasteiger partial charge in [0.1, 0.15) is 6.10 Å². The molecule has 1 aliphatic rings. The molecular weight excluding hydrogens is 324 g/mol. The van der Waals surface area contributed by atoms with Gasteiger partial charge in [-0.2, -0.15) is 0 Å². The lowest BCUT2D eigenvalue weighted by Crippen LogP contribution is -2.35. The molecule has 1 atom stereocenters. The Bertz CT molecular complexity index is 537. The van der Waals surface area contributed by atoms with Crippen LogP contribution < -0.4 is 5.32 Å². The van der Waals surface area contributed by atoms with Crippen molar-refractivity contribution >= 4 is 5.91 Å². The summed E-state index contributed by atoms with van der Waals surface area (Å²) in [5.41, 5.74) is 2.53. The first-order valence-electron chi connectivity index (χ1n) is 10.2. The maximum Gasteiger partial charge on any atom is 0.249 e. The first-order chi connectivity index (χ1) is 12.6. The second-order valence-corrected chi connectivity index (χ2v) is 7.87. The van der Waals surface area contributed by atoms with E-state index in [0.717, 1.165) is 13.0 Å². The summed E-state index contributed by atoms with van der Waals surface area (Å²) in [5, 5.41) is 3.04. The molecule has 0 spiro atoms. The highest BCUT2D eigenvalue weighted by Crippen LogP contribution is 2.16. The summed E-state index contributed by atoms with van der Waals surface area (Å²) in [7, 11) is 0. The van der Waals surface area contributed by atoms with Crippen LogP contribution in [0.15, 0.2) is 24.3 Å². The summed E-state index contributed by atoms with van der Waals surface area (Å²) >= 11 is 0. The predicted molar refractivity (Wildman–Crippen MR) is 107 cm³/mol. The largest absolute Gasteiger partial charge is 0.369 e. The van der Waals surface area contributed by atoms with Gasteiger partial charge in [0.15, 0.2) is 0 Å². The molecule has 4 heteroatoms. The van der Waals surface area contributed by atoms with Crippen molar-refractivity contribution in [3.8, 4) is 0 Å². The van der Waals surface area contributed by atoms with Gasteiger partial charge >= 0.3 is 0 Å². The predicted octanol–water partition coefficient (Wildman–Crippen LogP) is 4.13. The topological polar surface area (TPSA) is 41.6 Å². The summed E-state index contributed by atoms with van der Waals surface area (Å²) in [5.74, 6) is 0.564. The van der Waals surface area contributed by atoms with Crippen LogP contribution in [0.3, 0.4) is 0 Å². The Morgan fingerprint density at radius 2 is 1.73 bits per heavy atom. The quantitative estimate of drug-likeness (QED) is 0.720. The van der Waals surface area contributed by atoms with Gasteiger partial charge in [0.05, 0.1) is 0 Å². The Labute approximate surface area is 159 Å². The number of nitrogens with zero attached hydrogens (tertiary/aromatic N) is 1. The standard InChI is InChI=1S/C22H36N2O2/c1-18(2)12-15-26-19(3)22(25)23-16-20-10-6-7-11-21(20)17-24-13-8-4-5-9-14-24/h6-7,10-11,18-19H,4-5,8-9,12-17H2,1-3H3,(H,23,25). The molecule has 2 rings (SSSR count). The molecule has 0 saturated carbocycles. The van der Waals surface area contributed by atoms with Crippen LogP contribution in [0.5, 0.6) is 0 Å². The van der Waals surface area contributed by atoms with E-state index in [2.05, 4.69) is 48.3 Å². The molecule has 146 valence electrons. The zero-order valence-corrected chi connectivity index (χ0v) is 16.8. The van der Waals surface area contributed by atoms with Crippen molar-refractivity contribution in [2.24, 2.45) is 5.92 Å². The number of benzene rings is 1. The number of amides is 1. The van der Waals surface area contributed by atoms with Gasteiger partial charge in [-0.25, -0.2) is 0 Å². The number of hydrogen-bond acceptors (Lipinski definition) is 3. The lowest BCUT2D eigenvalue weighted by molar-refractivity contribution is -0.132. The minimum atomic E-state index is -0.397. The van der Waals surface area contributed by atoms with Gasteiger partial charge in [0.2, 0.25) is 5.91 Å². The van der Waals surface area contributed by atoms with Crippen LogP contribution in [0.25, 0.3) is 0 Å². The van der Waals surface area contributed by atoms with Crippen molar-refractivity contribution in [2.45, 2.75) is 72.1 Å². The highest BCUT2D eigenvalue weighted by Gasteiger charge is 2.15. The molecule has 1 aromatic rings. The number of nitrogens with one attached hydrogen (secondary N) is 1. The average Bonchev–Trinajstić information content (AvgIpc) is 2.89. The molecule has 0 aromatic heterocycles. The summed E-state index contributed by atoms with van der Waals surface area (Å²) in [6, 6.07) is 8.46. The van der Waals surface area contributed by atoms with Crippen LogP contribution in [0.1, 0.15) is 64.0 Å². The monoisotopic (exact) mass is 360 g/mol. The molecule has 1 amide bonds. The normalized spacial score (nSPS) is 17.1. The summed E-state index contributed by atoms with van der Waals surface area (Å²) in [6.45, 7) is 10.7. The van der Waals surface area contributed by atoms with E-state index in [1.54, 1.807) is 0 Å². The van der Waals surface area contributed by atoms with Gasteiger partial charge in [-0.15, -0.1) is 0 Å². The Morgan fingerprint density at radius 1 is 1.08 bits per heavy atom. The third kappa shape index (κ3) is 7.46. The van der Waals surface area contributed by atoms with Crippen LogP contribution >= 0.6 is 0 Å². The van der Waals surface area contributed by atoms with Crippen molar-refractivity contribution in [3.05, 3.63) is 35.4 Å². The summed E-state index contributed by atoms with van der Waals surface area (Å²) in [4.78, 5) is 14.8. The molecule has 4 nitrogen and oxygen atoms in total. The lowest BCUT2D eigenvalue weighted by atomic mass is 10.1. The maximum absolute atomic E-state index is 12.3. The smallest absolute Gasteiger partial charge is 0.249 e. The molecule has 0 aliphatic carbocycles. The molecule has 1 aromatic carbocycles. The third-order valence-corrected chi connectivity index (χ3v) is 5.10. The molecule has 26 heavy (non-hydrogen) atoms. The van der Waals surface area contributed by atoms with Gasteiger partial charge in [-0.3, -0.25) is 9.69 Å². The highest BCUT2D eigenvalue weighted by atomic mass is 16.5. The third-order valence-electron chi connectivity index (χ3n) is 5.10. The van der Waals surface area contributed by atoms with E-state index >= 15 is 0 Å². The highest BCUT2D eigenvalue weighted by molar-refractivity contribution is 5.80. The molecule has 1 aliphatic heterocycles. The van der Waals surface area contributed by atoms with E-state index in [1.165, 1.54) is 49.9 Å². The molecule has 1 fully saturated rings. The fraction of sp³-hybridized carbons (Fsp3) is 0.682. The second kappa shape index (κ2) is 11.3. The van der Waals surface area contributed by atoms with Gasteiger partial charge in [-0.1, -0.05) is 51.0 Å². The fourth-order valence-electron chi connectivity index (χ4n) is 3.30. The molecule has 1 heterocycles. The number of rotatable bonds is 9. The van der Waals surface area contributed by atoms with E-state index in [9.17, 15) is 4.79 Å². The Kier molecular flexibility index (Phi) is 9.13. The van der Waals surface area contributed by atoms with E-state index in [0.29, 0.717) is 19.1 Å². The molecule has 0 radical (unpaired) electrons. The number of carbonyl (C=O) groups excluding carboxylic acids is 1. The number of carbonyl (C=O) groups is 1. The molecular formula is C22H36N2O2. The van der Waals surface area contributed by atoms with E-state index < -0.39 is 6.10 Å². The van der Waals surface area contributed by atoms with E-state index in [4.69, 9.17) is 4.74 Å². The number of ether oxygens (including phenoxy) is 1. The fourth-order valence-corrected chi connectivity index (χ4v) is 3.30. The first kappa shape index (κ1) is 20.9. The van der Waals surface area contributed by atoms with Gasteiger partial charge in [0, 0.05) is 19.7 Å². The van der Waals surface area contributed by atoms with Crippen LogP contribution in [0.2, 0.25) is 0 Å². The number of likely N-dealkylation sites (tertiary alicyclic amines) is 1. The summed E-state index contributed by atoms with van der Waals surface area (Å²) in [6.07, 6.45) is 5.88. The Morgan fingerprint density at radius 3 is 2.38 bits per heavy atom. The molecule has 1 N–H and O–H groups in total. The average molecular weight is 361 g/mol. The van der Waals surface area contributed by atoms with Crippen LogP contribution in [-0.4, -0.2) is 36.6 Å². The van der Waals surface area contributed by atoms with Crippen molar-refractivity contribution in [2.75, 3.05) is 19.7 Å². The first-order valence-corrected chi connectivity index (χ1v) is 10.2. The van der Waals surface area contributed by atoms with Crippen LogP contribution in [-0.2, 0) is 22.6 Å². The minimum Gasteiger partial charge on any atom is -0.369 e. The van der Waals surface area contributed by atoms with Crippen molar-refractivity contribution in [1.82, 2.24) is 10.2 Å². The van der Waals surface area contributed by atoms with Crippen molar-refractivity contribution in [3.63, 3.8) is 0 Å². The van der Waals surface area contributed by atoms with E-state index in [-0.39, 0.29) is 5.91 Å². The SMILES string of the molecule is CC(C)CCOC(C)C(=O)NCc1ccccc1CN1CCCCCC1. The molecule has 0 bridgehead atoms. The lowest BCUT2D eigenvalue weighted by Gasteiger charge is -2.22. The zero-order valence-electron chi connectivity index (χ0n) is 16.8. The van der Waals surface area contributed by atoms with Crippen molar-refractivity contribution < 1.29 is 9.53 Å². The maximum atomic E-state index is 12.3. The van der Waals surface area contributed by atoms with Gasteiger partial charge in [-0.05, 0) is 56.3 Å². The van der Waals surface area contributed by atoms with Crippen LogP contribution in [0.4, 0.5) is 0 Å². The second-order valence-electron chi connectivity index (χ2n) is 7.87. The summed E-state index contributed by atoms with van der Waals surface area (Å²) < 4.78 is 5.65. The Hall–Kier alpha value is -1.39. The number of hydrogen-bond donors (Lipinski definition) is 1. The van der Waals surface area contributed by atoms with Gasteiger partial charge in [0.25, 0.3) is 0 Å². The van der Waals surface area contributed by atoms with E-state index in [1.807, 2.05) is 6.92 Å².